The van der Waals surface area contributed by atoms with Crippen LogP contribution in [0.3, 0.4) is 0 Å². The second-order valence-corrected chi connectivity index (χ2v) is 10.5. The molecule has 2 N–H and O–H groups in total. The largest absolute Gasteiger partial charge is 0.508 e. The van der Waals surface area contributed by atoms with Crippen LogP contribution in [0.25, 0.3) is 0 Å². The Morgan fingerprint density at radius 2 is 1.88 bits per heavy atom. The summed E-state index contributed by atoms with van der Waals surface area (Å²) in [5.74, 6) is 1.12. The Morgan fingerprint density at radius 1 is 1.09 bits per heavy atom. The van der Waals surface area contributed by atoms with Gasteiger partial charge in [-0.2, -0.15) is 0 Å². The standard InChI is InChI=1S/C26H38N4O2/c1-20-3-6-23(31)17-24(20)25-7-11-28(15-16-29-14-10-27-19-29)12-9-26(25,32)21(2)30(13-8-25)18-22-4-5-22/h3,6,10,14,17,19,21-22,31-32H,4-5,7-9,11-13,15-16,18H2,1-2H3. The highest BCUT2D eigenvalue weighted by molar-refractivity contribution is 5.43. The Bertz CT molecular complexity index is 928. The van der Waals surface area contributed by atoms with Crippen LogP contribution >= 0.6 is 0 Å². The first-order chi connectivity index (χ1) is 15.4. The zero-order valence-electron chi connectivity index (χ0n) is 19.6. The minimum absolute atomic E-state index is 0.104. The van der Waals surface area contributed by atoms with E-state index in [4.69, 9.17) is 0 Å². The highest BCUT2D eigenvalue weighted by Crippen LogP contribution is 2.53. The molecule has 2 aromatic rings. The third-order valence-electron chi connectivity index (χ3n) is 8.72. The van der Waals surface area contributed by atoms with Crippen LogP contribution in [0.15, 0.2) is 36.9 Å². The van der Waals surface area contributed by atoms with E-state index in [1.807, 2.05) is 30.9 Å². The molecule has 0 spiro atoms. The van der Waals surface area contributed by atoms with Gasteiger partial charge in [-0.3, -0.25) is 4.90 Å². The fourth-order valence-corrected chi connectivity index (χ4v) is 6.43. The molecule has 1 aromatic heterocycles. The van der Waals surface area contributed by atoms with Gasteiger partial charge in [-0.05, 0) is 88.2 Å². The van der Waals surface area contributed by atoms with Gasteiger partial charge >= 0.3 is 0 Å². The number of rotatable bonds is 6. The molecular formula is C26H38N4O2. The van der Waals surface area contributed by atoms with Gasteiger partial charge in [0.05, 0.1) is 11.9 Å². The van der Waals surface area contributed by atoms with Crippen LogP contribution in [0.4, 0.5) is 0 Å². The number of aryl methyl sites for hydroxylation is 1. The van der Waals surface area contributed by atoms with Gasteiger partial charge in [0.2, 0.25) is 0 Å². The van der Waals surface area contributed by atoms with Crippen molar-refractivity contribution < 1.29 is 10.2 Å². The summed E-state index contributed by atoms with van der Waals surface area (Å²) in [6, 6.07) is 5.83. The summed E-state index contributed by atoms with van der Waals surface area (Å²) in [7, 11) is 0. The summed E-state index contributed by atoms with van der Waals surface area (Å²) >= 11 is 0. The van der Waals surface area contributed by atoms with Crippen LogP contribution in [-0.4, -0.2) is 73.9 Å². The Labute approximate surface area is 191 Å². The molecule has 3 heterocycles. The Kier molecular flexibility index (Phi) is 5.81. The monoisotopic (exact) mass is 438 g/mol. The average Bonchev–Trinajstić information content (AvgIpc) is 3.48. The maximum absolute atomic E-state index is 12.6. The van der Waals surface area contributed by atoms with Crippen LogP contribution < -0.4 is 0 Å². The number of aromatic nitrogens is 2. The number of benzene rings is 1. The van der Waals surface area contributed by atoms with E-state index in [1.165, 1.54) is 18.4 Å². The van der Waals surface area contributed by atoms with Crippen molar-refractivity contribution in [2.45, 2.75) is 69.6 Å². The first kappa shape index (κ1) is 21.9. The Balaban J connectivity index is 1.46. The van der Waals surface area contributed by atoms with Crippen molar-refractivity contribution >= 4 is 0 Å². The average molecular weight is 439 g/mol. The van der Waals surface area contributed by atoms with E-state index >= 15 is 0 Å². The predicted molar refractivity (Wildman–Crippen MR) is 126 cm³/mol. The summed E-state index contributed by atoms with van der Waals surface area (Å²) in [6.45, 7) is 10.2. The summed E-state index contributed by atoms with van der Waals surface area (Å²) in [5, 5.41) is 23.0. The van der Waals surface area contributed by atoms with E-state index in [0.717, 1.165) is 70.0 Å². The third kappa shape index (κ3) is 3.87. The fraction of sp³-hybridized carbons (Fsp3) is 0.654. The molecule has 6 heteroatoms. The van der Waals surface area contributed by atoms with Crippen molar-refractivity contribution in [2.75, 3.05) is 32.7 Å². The van der Waals surface area contributed by atoms with Crippen LogP contribution in [-0.2, 0) is 12.0 Å². The first-order valence-electron chi connectivity index (χ1n) is 12.4. The van der Waals surface area contributed by atoms with E-state index in [9.17, 15) is 10.2 Å². The topological polar surface area (TPSA) is 64.8 Å². The van der Waals surface area contributed by atoms with Gasteiger partial charge in [0.1, 0.15) is 5.75 Å². The molecule has 3 atom stereocenters. The number of phenols is 1. The lowest BCUT2D eigenvalue weighted by atomic mass is 9.57. The van der Waals surface area contributed by atoms with Crippen LogP contribution in [0.2, 0.25) is 0 Å². The second-order valence-electron chi connectivity index (χ2n) is 10.5. The molecule has 0 bridgehead atoms. The SMILES string of the molecule is Cc1ccc(O)cc1C12CCN(CCn3ccnc3)CCC1(O)C(C)N(CC1CC1)CC2. The molecule has 6 nitrogen and oxygen atoms in total. The predicted octanol–water partition coefficient (Wildman–Crippen LogP) is 3.17. The van der Waals surface area contributed by atoms with Gasteiger partial charge in [-0.15, -0.1) is 0 Å². The van der Waals surface area contributed by atoms with E-state index < -0.39 is 5.60 Å². The van der Waals surface area contributed by atoms with Crippen LogP contribution in [0.1, 0.15) is 50.2 Å². The summed E-state index contributed by atoms with van der Waals surface area (Å²) in [5.41, 5.74) is 1.17. The molecule has 3 fully saturated rings. The maximum Gasteiger partial charge on any atom is 0.115 e. The number of aromatic hydroxyl groups is 1. The van der Waals surface area contributed by atoms with Gasteiger partial charge in [-0.1, -0.05) is 6.07 Å². The highest BCUT2D eigenvalue weighted by atomic mass is 16.3. The van der Waals surface area contributed by atoms with E-state index in [0.29, 0.717) is 5.75 Å². The van der Waals surface area contributed by atoms with Crippen molar-refractivity contribution in [3.63, 3.8) is 0 Å². The molecule has 0 amide bonds. The van der Waals surface area contributed by atoms with Crippen molar-refractivity contribution in [2.24, 2.45) is 5.92 Å². The number of piperidine rings is 1. The summed E-state index contributed by atoms with van der Waals surface area (Å²) in [4.78, 5) is 9.22. The fourth-order valence-electron chi connectivity index (χ4n) is 6.43. The van der Waals surface area contributed by atoms with E-state index in [-0.39, 0.29) is 11.5 Å². The molecule has 5 rings (SSSR count). The molecule has 0 radical (unpaired) electrons. The van der Waals surface area contributed by atoms with Crippen molar-refractivity contribution in [3.05, 3.63) is 48.0 Å². The van der Waals surface area contributed by atoms with Gasteiger partial charge in [0, 0.05) is 50.0 Å². The molecule has 3 aliphatic rings. The quantitative estimate of drug-likeness (QED) is 0.725. The second kappa shape index (κ2) is 8.47. The van der Waals surface area contributed by atoms with Crippen molar-refractivity contribution in [1.29, 1.82) is 0 Å². The van der Waals surface area contributed by atoms with Crippen molar-refractivity contribution in [3.8, 4) is 5.75 Å². The number of aliphatic hydroxyl groups is 1. The van der Waals surface area contributed by atoms with Crippen molar-refractivity contribution in [1.82, 2.24) is 19.4 Å². The lowest BCUT2D eigenvalue weighted by Crippen LogP contribution is -2.68. The first-order valence-corrected chi connectivity index (χ1v) is 12.4. The minimum atomic E-state index is -0.817. The summed E-state index contributed by atoms with van der Waals surface area (Å²) in [6.07, 6.45) is 11.0. The maximum atomic E-state index is 12.6. The molecule has 1 saturated carbocycles. The molecule has 2 aliphatic heterocycles. The molecular weight excluding hydrogens is 400 g/mol. The van der Waals surface area contributed by atoms with Gasteiger partial charge in [0.25, 0.3) is 0 Å². The molecule has 1 aromatic carbocycles. The molecule has 2 saturated heterocycles. The normalized spacial score (nSPS) is 31.9. The third-order valence-corrected chi connectivity index (χ3v) is 8.72. The van der Waals surface area contributed by atoms with Crippen LogP contribution in [0, 0.1) is 12.8 Å². The molecule has 3 unspecified atom stereocenters. The number of nitrogens with zero attached hydrogens (tertiary/aromatic N) is 4. The number of likely N-dealkylation sites (tertiary alicyclic amines) is 2. The van der Waals surface area contributed by atoms with E-state index in [1.54, 1.807) is 6.07 Å². The molecule has 32 heavy (non-hydrogen) atoms. The minimum Gasteiger partial charge on any atom is -0.508 e. The van der Waals surface area contributed by atoms with Gasteiger partial charge < -0.3 is 19.7 Å². The van der Waals surface area contributed by atoms with Crippen LogP contribution in [0.5, 0.6) is 5.75 Å². The summed E-state index contributed by atoms with van der Waals surface area (Å²) < 4.78 is 2.13. The van der Waals surface area contributed by atoms with Gasteiger partial charge in [-0.25, -0.2) is 4.98 Å². The smallest absolute Gasteiger partial charge is 0.115 e. The molecule has 174 valence electrons. The van der Waals surface area contributed by atoms with E-state index in [2.05, 4.69) is 33.2 Å². The Morgan fingerprint density at radius 3 is 2.62 bits per heavy atom. The number of hydrogen-bond donors (Lipinski definition) is 2. The zero-order chi connectivity index (χ0) is 22.3. The lowest BCUT2D eigenvalue weighted by Gasteiger charge is -2.58. The van der Waals surface area contributed by atoms with Gasteiger partial charge in [0.15, 0.2) is 0 Å². The number of imidazole rings is 1. The zero-order valence-corrected chi connectivity index (χ0v) is 19.6. The highest BCUT2D eigenvalue weighted by Gasteiger charge is 2.59. The number of phenolic OH excluding ortho intramolecular Hbond substituents is 1. The number of hydrogen-bond acceptors (Lipinski definition) is 5. The lowest BCUT2D eigenvalue weighted by molar-refractivity contribution is -0.136. The Hall–Kier alpha value is -1.89. The molecule has 1 aliphatic carbocycles. The number of fused-ring (bicyclic) bond motifs is 1.